The van der Waals surface area contributed by atoms with E-state index in [1.165, 1.54) is 0 Å². The van der Waals surface area contributed by atoms with Crippen LogP contribution in [0.3, 0.4) is 0 Å². The lowest BCUT2D eigenvalue weighted by molar-refractivity contribution is -0.219. The van der Waals surface area contributed by atoms with E-state index in [9.17, 15) is 5.21 Å². The molecule has 1 aromatic rings. The van der Waals surface area contributed by atoms with Gasteiger partial charge in [-0.2, -0.15) is 10.2 Å². The number of fused-ring (bicyclic) bond motifs is 1. The second-order valence-electron chi connectivity index (χ2n) is 4.56. The first-order valence-corrected chi connectivity index (χ1v) is 5.93. The number of hydroxylamine groups is 1. The summed E-state index contributed by atoms with van der Waals surface area (Å²) < 4.78 is -0.260. The molecule has 3 rings (SSSR count). The van der Waals surface area contributed by atoms with Gasteiger partial charge in [-0.05, 0) is 16.9 Å². The quantitative estimate of drug-likeness (QED) is 0.766. The van der Waals surface area contributed by atoms with E-state index >= 15 is 0 Å². The molecule has 0 fully saturated rings. The zero-order valence-corrected chi connectivity index (χ0v) is 10.3. The van der Waals surface area contributed by atoms with Crippen molar-refractivity contribution in [3.05, 3.63) is 66.7 Å². The summed E-state index contributed by atoms with van der Waals surface area (Å²) in [5.41, 5.74) is 1.81. The highest BCUT2D eigenvalue weighted by atomic mass is 16.6. The van der Waals surface area contributed by atoms with Crippen LogP contribution in [0.1, 0.15) is 0 Å². The molecule has 0 bridgehead atoms. The largest absolute Gasteiger partial charge is 0.328 e. The van der Waals surface area contributed by atoms with Crippen LogP contribution in [-0.2, 0) is 0 Å². The SMILES string of the molecule is CN1C=C2C=CC=CN2[N+](O)(c2ccccc2)C1. The summed E-state index contributed by atoms with van der Waals surface area (Å²) in [5.74, 6) is 0. The van der Waals surface area contributed by atoms with E-state index in [2.05, 4.69) is 0 Å². The van der Waals surface area contributed by atoms with Crippen molar-refractivity contribution in [3.8, 4) is 0 Å². The summed E-state index contributed by atoms with van der Waals surface area (Å²) in [5, 5.41) is 12.9. The maximum atomic E-state index is 11.0. The Morgan fingerprint density at radius 1 is 1.17 bits per heavy atom. The highest BCUT2D eigenvalue weighted by Crippen LogP contribution is 2.31. The molecule has 4 nitrogen and oxygen atoms in total. The van der Waals surface area contributed by atoms with Gasteiger partial charge in [-0.3, -0.25) is 0 Å². The summed E-state index contributed by atoms with van der Waals surface area (Å²) in [6.45, 7) is 0.478. The molecule has 0 spiro atoms. The molecule has 0 aromatic heterocycles. The molecular formula is C14H16N3O+. The Kier molecular flexibility index (Phi) is 2.47. The zero-order chi connectivity index (χ0) is 12.6. The van der Waals surface area contributed by atoms with Crippen LogP contribution < -0.4 is 4.76 Å². The lowest BCUT2D eigenvalue weighted by Crippen LogP contribution is -2.62. The first kappa shape index (κ1) is 11.1. The van der Waals surface area contributed by atoms with Crippen molar-refractivity contribution in [2.75, 3.05) is 13.7 Å². The fourth-order valence-corrected chi connectivity index (χ4v) is 2.37. The van der Waals surface area contributed by atoms with E-state index in [1.807, 2.05) is 77.9 Å². The topological polar surface area (TPSA) is 26.7 Å². The molecule has 0 saturated heterocycles. The summed E-state index contributed by atoms with van der Waals surface area (Å²) >= 11 is 0. The minimum Gasteiger partial charge on any atom is -0.328 e. The third-order valence-electron chi connectivity index (χ3n) is 3.17. The fourth-order valence-electron chi connectivity index (χ4n) is 2.37. The summed E-state index contributed by atoms with van der Waals surface area (Å²) in [4.78, 5) is 1.99. The predicted octanol–water partition coefficient (Wildman–Crippen LogP) is 2.43. The third-order valence-corrected chi connectivity index (χ3v) is 3.17. The average Bonchev–Trinajstić information content (AvgIpc) is 2.39. The molecule has 0 aliphatic carbocycles. The molecule has 1 N–H and O–H groups in total. The molecule has 2 aliphatic rings. The van der Waals surface area contributed by atoms with Crippen molar-refractivity contribution in [2.24, 2.45) is 0 Å². The number of nitrogens with zero attached hydrogens (tertiary/aromatic N) is 3. The van der Waals surface area contributed by atoms with Gasteiger partial charge in [-0.15, -0.1) is 0 Å². The van der Waals surface area contributed by atoms with Gasteiger partial charge in [-0.25, -0.2) is 0 Å². The van der Waals surface area contributed by atoms with Crippen molar-refractivity contribution in [1.82, 2.24) is 14.7 Å². The maximum Gasteiger partial charge on any atom is 0.214 e. The molecule has 1 atom stereocenters. The van der Waals surface area contributed by atoms with Gasteiger partial charge in [0.15, 0.2) is 5.69 Å². The normalized spacial score (nSPS) is 26.0. The number of allylic oxidation sites excluding steroid dienone is 3. The molecule has 4 heteroatoms. The van der Waals surface area contributed by atoms with E-state index in [0.29, 0.717) is 6.67 Å². The molecule has 1 unspecified atom stereocenters. The number of quaternary nitrogens is 1. The van der Waals surface area contributed by atoms with Crippen LogP contribution in [0.5, 0.6) is 0 Å². The van der Waals surface area contributed by atoms with Crippen LogP contribution in [0.2, 0.25) is 0 Å². The van der Waals surface area contributed by atoms with E-state index < -0.39 is 0 Å². The predicted molar refractivity (Wildman–Crippen MR) is 70.9 cm³/mol. The van der Waals surface area contributed by atoms with Gasteiger partial charge in [-0.1, -0.05) is 24.3 Å². The molecule has 0 radical (unpaired) electrons. The molecule has 2 heterocycles. The van der Waals surface area contributed by atoms with Crippen LogP contribution in [0.15, 0.2) is 66.7 Å². The summed E-state index contributed by atoms with van der Waals surface area (Å²) in [7, 11) is 1.96. The number of rotatable bonds is 1. The van der Waals surface area contributed by atoms with Crippen molar-refractivity contribution < 1.29 is 5.21 Å². The monoisotopic (exact) mass is 242 g/mol. The second-order valence-corrected chi connectivity index (χ2v) is 4.56. The van der Waals surface area contributed by atoms with Crippen LogP contribution in [0.4, 0.5) is 5.69 Å². The average molecular weight is 242 g/mol. The van der Waals surface area contributed by atoms with E-state index in [1.54, 1.807) is 0 Å². The second kappa shape index (κ2) is 4.01. The Labute approximate surface area is 106 Å². The Balaban J connectivity index is 2.09. The number of hydrogen-bond donors (Lipinski definition) is 1. The highest BCUT2D eigenvalue weighted by molar-refractivity contribution is 5.43. The number of para-hydroxylation sites is 1. The molecule has 18 heavy (non-hydrogen) atoms. The van der Waals surface area contributed by atoms with Crippen LogP contribution in [0, 0.1) is 0 Å². The smallest absolute Gasteiger partial charge is 0.214 e. The van der Waals surface area contributed by atoms with Crippen LogP contribution in [-0.4, -0.2) is 28.8 Å². The molecule has 2 aliphatic heterocycles. The van der Waals surface area contributed by atoms with Crippen molar-refractivity contribution in [2.45, 2.75) is 0 Å². The third kappa shape index (κ3) is 1.63. The molecule has 0 saturated carbocycles. The highest BCUT2D eigenvalue weighted by Gasteiger charge is 2.41. The summed E-state index contributed by atoms with van der Waals surface area (Å²) in [6.07, 6.45) is 9.80. The summed E-state index contributed by atoms with van der Waals surface area (Å²) in [6, 6.07) is 9.69. The minimum absolute atomic E-state index is 0.260. The standard InChI is InChI=1S/C14H16N3O/c1-15-11-13-7-5-6-10-16(13)17(18,12-15)14-8-3-2-4-9-14/h2-11,18H,12H2,1H3/q+1. The first-order valence-electron chi connectivity index (χ1n) is 5.93. The number of hydrogen-bond acceptors (Lipinski definition) is 3. The van der Waals surface area contributed by atoms with Gasteiger partial charge in [0, 0.05) is 25.4 Å². The van der Waals surface area contributed by atoms with Gasteiger partial charge < -0.3 is 4.90 Å². The molecular weight excluding hydrogens is 226 g/mol. The fraction of sp³-hybridized carbons (Fsp3) is 0.143. The van der Waals surface area contributed by atoms with E-state index in [-0.39, 0.29) is 4.76 Å². The van der Waals surface area contributed by atoms with Crippen LogP contribution >= 0.6 is 0 Å². The van der Waals surface area contributed by atoms with E-state index in [0.717, 1.165) is 11.4 Å². The van der Waals surface area contributed by atoms with Crippen molar-refractivity contribution in [3.63, 3.8) is 0 Å². The molecule has 92 valence electrons. The Bertz CT molecular complexity index is 535. The number of benzene rings is 1. The van der Waals surface area contributed by atoms with E-state index in [4.69, 9.17) is 0 Å². The van der Waals surface area contributed by atoms with Gasteiger partial charge in [0.1, 0.15) is 5.70 Å². The van der Waals surface area contributed by atoms with Crippen molar-refractivity contribution >= 4 is 5.69 Å². The first-order chi connectivity index (χ1) is 8.70. The Morgan fingerprint density at radius 3 is 2.72 bits per heavy atom. The van der Waals surface area contributed by atoms with Gasteiger partial charge in [0.2, 0.25) is 6.67 Å². The minimum atomic E-state index is -0.260. The maximum absolute atomic E-state index is 11.0. The van der Waals surface area contributed by atoms with Gasteiger partial charge in [0.05, 0.1) is 6.20 Å². The molecule has 1 aromatic carbocycles. The van der Waals surface area contributed by atoms with Gasteiger partial charge in [0.25, 0.3) is 0 Å². The lowest BCUT2D eigenvalue weighted by Gasteiger charge is -2.43. The Hall–Kier alpha value is -2.04. The van der Waals surface area contributed by atoms with Crippen LogP contribution in [0.25, 0.3) is 0 Å². The molecule has 0 amide bonds. The van der Waals surface area contributed by atoms with Gasteiger partial charge >= 0.3 is 0 Å². The van der Waals surface area contributed by atoms with Crippen molar-refractivity contribution in [1.29, 1.82) is 0 Å². The lowest BCUT2D eigenvalue weighted by atomic mass is 10.2. The zero-order valence-electron chi connectivity index (χ0n) is 10.3. The Morgan fingerprint density at radius 2 is 1.94 bits per heavy atom.